The average molecular weight is 359 g/mol. The maximum atomic E-state index is 12.3. The number of anilines is 1. The summed E-state index contributed by atoms with van der Waals surface area (Å²) in [6, 6.07) is 15.9. The van der Waals surface area contributed by atoms with E-state index in [1.54, 1.807) is 24.3 Å². The first-order valence-corrected chi connectivity index (χ1v) is 8.97. The molecule has 1 aliphatic heterocycles. The minimum atomic E-state index is 0.0312. The molecule has 0 atom stereocenters. The molecule has 5 heteroatoms. The van der Waals surface area contributed by atoms with Crippen molar-refractivity contribution in [2.75, 3.05) is 25.0 Å². The SMILES string of the molecule is Cc1ccc(NC2CCN(C(=O)COc3ccc(Cl)cc3)CC2)cc1. The van der Waals surface area contributed by atoms with Crippen molar-refractivity contribution in [2.24, 2.45) is 0 Å². The maximum absolute atomic E-state index is 12.3. The molecule has 2 aromatic carbocycles. The molecule has 25 heavy (non-hydrogen) atoms. The second-order valence-corrected chi connectivity index (χ2v) is 6.84. The second-order valence-electron chi connectivity index (χ2n) is 6.41. The smallest absolute Gasteiger partial charge is 0.260 e. The van der Waals surface area contributed by atoms with Crippen LogP contribution in [0, 0.1) is 6.92 Å². The highest BCUT2D eigenvalue weighted by Gasteiger charge is 2.22. The van der Waals surface area contributed by atoms with E-state index < -0.39 is 0 Å². The van der Waals surface area contributed by atoms with Gasteiger partial charge in [-0.1, -0.05) is 29.3 Å². The van der Waals surface area contributed by atoms with Gasteiger partial charge in [0.2, 0.25) is 0 Å². The van der Waals surface area contributed by atoms with E-state index in [2.05, 4.69) is 36.5 Å². The lowest BCUT2D eigenvalue weighted by Crippen LogP contribution is -2.44. The number of nitrogens with one attached hydrogen (secondary N) is 1. The van der Waals surface area contributed by atoms with E-state index in [0.29, 0.717) is 16.8 Å². The zero-order valence-corrected chi connectivity index (χ0v) is 15.1. The Labute approximate surface area is 153 Å². The van der Waals surface area contributed by atoms with Gasteiger partial charge in [-0.15, -0.1) is 0 Å². The molecule has 3 rings (SSSR count). The van der Waals surface area contributed by atoms with Gasteiger partial charge in [-0.25, -0.2) is 0 Å². The van der Waals surface area contributed by atoms with Crippen LogP contribution < -0.4 is 10.1 Å². The lowest BCUT2D eigenvalue weighted by molar-refractivity contribution is -0.134. The number of benzene rings is 2. The van der Waals surface area contributed by atoms with E-state index >= 15 is 0 Å². The molecular formula is C20H23ClN2O2. The molecule has 132 valence electrons. The largest absolute Gasteiger partial charge is 0.484 e. The standard InChI is InChI=1S/C20H23ClN2O2/c1-15-2-6-17(7-3-15)22-18-10-12-23(13-11-18)20(24)14-25-19-8-4-16(21)5-9-19/h2-9,18,22H,10-14H2,1H3. The lowest BCUT2D eigenvalue weighted by Gasteiger charge is -2.32. The third kappa shape index (κ3) is 5.13. The monoisotopic (exact) mass is 358 g/mol. The van der Waals surface area contributed by atoms with Crippen LogP contribution in [0.3, 0.4) is 0 Å². The first-order valence-electron chi connectivity index (χ1n) is 8.59. The van der Waals surface area contributed by atoms with Gasteiger partial charge >= 0.3 is 0 Å². The van der Waals surface area contributed by atoms with Gasteiger partial charge in [-0.2, -0.15) is 0 Å². The molecule has 0 bridgehead atoms. The maximum Gasteiger partial charge on any atom is 0.260 e. The number of likely N-dealkylation sites (tertiary alicyclic amines) is 1. The van der Waals surface area contributed by atoms with Gasteiger partial charge in [0.05, 0.1) is 0 Å². The number of carbonyl (C=O) groups is 1. The van der Waals surface area contributed by atoms with Gasteiger partial charge in [0.1, 0.15) is 5.75 Å². The van der Waals surface area contributed by atoms with Gasteiger partial charge in [0, 0.05) is 29.8 Å². The molecule has 2 aromatic rings. The summed E-state index contributed by atoms with van der Waals surface area (Å²) in [4.78, 5) is 14.2. The molecule has 1 fully saturated rings. The van der Waals surface area contributed by atoms with Crippen LogP contribution in [0.15, 0.2) is 48.5 Å². The molecule has 4 nitrogen and oxygen atoms in total. The van der Waals surface area contributed by atoms with E-state index in [4.69, 9.17) is 16.3 Å². The number of aryl methyl sites for hydroxylation is 1. The Bertz CT molecular complexity index is 693. The molecule has 0 spiro atoms. The molecule has 0 aromatic heterocycles. The molecular weight excluding hydrogens is 336 g/mol. The molecule has 0 radical (unpaired) electrons. The minimum Gasteiger partial charge on any atom is -0.484 e. The van der Waals surface area contributed by atoms with Crippen LogP contribution in [0.5, 0.6) is 5.75 Å². The van der Waals surface area contributed by atoms with Crippen molar-refractivity contribution in [1.29, 1.82) is 0 Å². The molecule has 1 N–H and O–H groups in total. The lowest BCUT2D eigenvalue weighted by atomic mass is 10.0. The van der Waals surface area contributed by atoms with Gasteiger partial charge in [-0.3, -0.25) is 4.79 Å². The van der Waals surface area contributed by atoms with Crippen molar-refractivity contribution in [3.8, 4) is 5.75 Å². The zero-order valence-electron chi connectivity index (χ0n) is 14.4. The topological polar surface area (TPSA) is 41.6 Å². The molecule has 1 amide bonds. The number of carbonyl (C=O) groups excluding carboxylic acids is 1. The predicted octanol–water partition coefficient (Wildman–Crippen LogP) is 4.13. The van der Waals surface area contributed by atoms with Crippen LogP contribution in [-0.2, 0) is 4.79 Å². The Morgan fingerprint density at radius 1 is 1.12 bits per heavy atom. The summed E-state index contributed by atoms with van der Waals surface area (Å²) in [5, 5.41) is 4.20. The number of amides is 1. The van der Waals surface area contributed by atoms with E-state index in [9.17, 15) is 4.79 Å². The summed E-state index contributed by atoms with van der Waals surface area (Å²) in [6.45, 7) is 3.66. The van der Waals surface area contributed by atoms with Crippen molar-refractivity contribution in [2.45, 2.75) is 25.8 Å². The summed E-state index contributed by atoms with van der Waals surface area (Å²) in [5.74, 6) is 0.692. The number of ether oxygens (including phenoxy) is 1. The van der Waals surface area contributed by atoms with Crippen LogP contribution in [0.2, 0.25) is 5.02 Å². The highest BCUT2D eigenvalue weighted by Crippen LogP contribution is 2.18. The van der Waals surface area contributed by atoms with Crippen LogP contribution in [0.25, 0.3) is 0 Å². The molecule has 0 saturated carbocycles. The summed E-state index contributed by atoms with van der Waals surface area (Å²) in [5.41, 5.74) is 2.40. The molecule has 0 unspecified atom stereocenters. The van der Waals surface area contributed by atoms with E-state index in [1.807, 2.05) is 4.90 Å². The second kappa shape index (κ2) is 8.26. The Morgan fingerprint density at radius 2 is 1.76 bits per heavy atom. The number of hydrogen-bond acceptors (Lipinski definition) is 3. The van der Waals surface area contributed by atoms with Crippen LogP contribution >= 0.6 is 11.6 Å². The van der Waals surface area contributed by atoms with Gasteiger partial charge in [0.15, 0.2) is 6.61 Å². The first-order chi connectivity index (χ1) is 12.1. The zero-order chi connectivity index (χ0) is 17.6. The van der Waals surface area contributed by atoms with Crippen LogP contribution in [0.4, 0.5) is 5.69 Å². The number of nitrogens with zero attached hydrogens (tertiary/aromatic N) is 1. The fourth-order valence-electron chi connectivity index (χ4n) is 2.93. The van der Waals surface area contributed by atoms with Crippen molar-refractivity contribution in [3.05, 3.63) is 59.1 Å². The molecule has 0 aliphatic carbocycles. The van der Waals surface area contributed by atoms with E-state index in [-0.39, 0.29) is 12.5 Å². The Hall–Kier alpha value is -2.20. The van der Waals surface area contributed by atoms with Gasteiger partial charge in [-0.05, 0) is 56.2 Å². The first kappa shape index (κ1) is 17.6. The molecule has 1 aliphatic rings. The average Bonchev–Trinajstić information content (AvgIpc) is 2.63. The van der Waals surface area contributed by atoms with Gasteiger partial charge in [0.25, 0.3) is 5.91 Å². The van der Waals surface area contributed by atoms with Crippen molar-refractivity contribution < 1.29 is 9.53 Å². The molecule has 1 saturated heterocycles. The summed E-state index contributed by atoms with van der Waals surface area (Å²) in [6.07, 6.45) is 1.89. The summed E-state index contributed by atoms with van der Waals surface area (Å²) >= 11 is 5.84. The van der Waals surface area contributed by atoms with E-state index in [1.165, 1.54) is 5.56 Å². The van der Waals surface area contributed by atoms with Crippen molar-refractivity contribution in [1.82, 2.24) is 4.90 Å². The fourth-order valence-corrected chi connectivity index (χ4v) is 3.05. The Kier molecular flexibility index (Phi) is 5.82. The normalized spacial score (nSPS) is 15.0. The van der Waals surface area contributed by atoms with Gasteiger partial charge < -0.3 is 15.0 Å². The fraction of sp³-hybridized carbons (Fsp3) is 0.350. The van der Waals surface area contributed by atoms with E-state index in [0.717, 1.165) is 31.6 Å². The quantitative estimate of drug-likeness (QED) is 0.873. The van der Waals surface area contributed by atoms with Crippen molar-refractivity contribution in [3.63, 3.8) is 0 Å². The summed E-state index contributed by atoms with van der Waals surface area (Å²) in [7, 11) is 0. The minimum absolute atomic E-state index is 0.0312. The number of piperidine rings is 1. The third-order valence-corrected chi connectivity index (χ3v) is 4.70. The molecule has 1 heterocycles. The van der Waals surface area contributed by atoms with Crippen LogP contribution in [-0.4, -0.2) is 36.5 Å². The number of rotatable bonds is 5. The number of halogens is 1. The van der Waals surface area contributed by atoms with Crippen molar-refractivity contribution >= 4 is 23.2 Å². The predicted molar refractivity (Wildman–Crippen MR) is 101 cm³/mol. The van der Waals surface area contributed by atoms with Crippen LogP contribution in [0.1, 0.15) is 18.4 Å². The Balaban J connectivity index is 1.42. The Morgan fingerprint density at radius 3 is 2.40 bits per heavy atom. The highest BCUT2D eigenvalue weighted by molar-refractivity contribution is 6.30. The number of hydrogen-bond donors (Lipinski definition) is 1. The summed E-state index contributed by atoms with van der Waals surface area (Å²) < 4.78 is 5.54. The highest BCUT2D eigenvalue weighted by atomic mass is 35.5. The third-order valence-electron chi connectivity index (χ3n) is 4.45.